The maximum atomic E-state index is 12.0. The van der Waals surface area contributed by atoms with Gasteiger partial charge in [-0.1, -0.05) is 30.3 Å². The summed E-state index contributed by atoms with van der Waals surface area (Å²) in [6, 6.07) is 13.4. The Morgan fingerprint density at radius 1 is 1.25 bits per heavy atom. The van der Waals surface area contributed by atoms with Crippen molar-refractivity contribution >= 4 is 5.91 Å². The summed E-state index contributed by atoms with van der Waals surface area (Å²) in [4.78, 5) is 12.0. The first-order valence-corrected chi connectivity index (χ1v) is 6.69. The van der Waals surface area contributed by atoms with Crippen molar-refractivity contribution in [3.8, 4) is 0 Å². The van der Waals surface area contributed by atoms with E-state index in [0.29, 0.717) is 10.3 Å². The van der Waals surface area contributed by atoms with E-state index in [4.69, 9.17) is 0 Å². The van der Waals surface area contributed by atoms with Crippen LogP contribution in [0.15, 0.2) is 54.9 Å². The van der Waals surface area contributed by atoms with Crippen LogP contribution in [0.4, 0.5) is 0 Å². The highest BCUT2D eigenvalue weighted by molar-refractivity contribution is 5.93. The minimum absolute atomic E-state index is 0.0583. The highest BCUT2D eigenvalue weighted by Crippen LogP contribution is 2.05. The molecule has 1 aromatic heterocycles. The molecule has 20 heavy (non-hydrogen) atoms. The number of carbonyl (C=O) groups excluding carboxylic acids is 1. The zero-order valence-corrected chi connectivity index (χ0v) is 11.5. The summed E-state index contributed by atoms with van der Waals surface area (Å²) in [5.41, 5.74) is 1.64. The van der Waals surface area contributed by atoms with Crippen LogP contribution in [-0.4, -0.2) is 11.9 Å². The molecule has 0 aliphatic carbocycles. The number of carbonyl (C=O) groups is 1. The Hall–Kier alpha value is -2.36. The number of aryl methyl sites for hydroxylation is 1. The van der Waals surface area contributed by atoms with Gasteiger partial charge in [0, 0.05) is 12.1 Å². The third-order valence-corrected chi connectivity index (χ3v) is 3.12. The van der Waals surface area contributed by atoms with Gasteiger partial charge < -0.3 is 10.5 Å². The summed E-state index contributed by atoms with van der Waals surface area (Å²) in [7, 11) is 0. The molecule has 0 spiro atoms. The molecular weight excluding hydrogens is 252 g/mol. The molecule has 1 aromatic carbocycles. The summed E-state index contributed by atoms with van der Waals surface area (Å²) >= 11 is 0. The third-order valence-electron chi connectivity index (χ3n) is 3.12. The van der Waals surface area contributed by atoms with E-state index in [-0.39, 0.29) is 11.9 Å². The van der Waals surface area contributed by atoms with Crippen LogP contribution in [0.3, 0.4) is 0 Å². The summed E-state index contributed by atoms with van der Waals surface area (Å²) in [6.07, 6.45) is 4.41. The lowest BCUT2D eigenvalue weighted by atomic mass is 10.1. The molecule has 2 aromatic rings. The van der Waals surface area contributed by atoms with Crippen LogP contribution in [0.5, 0.6) is 0 Å². The van der Waals surface area contributed by atoms with Crippen LogP contribution >= 0.6 is 0 Å². The molecule has 0 aliphatic rings. The highest BCUT2D eigenvalue weighted by atomic mass is 16.5. The van der Waals surface area contributed by atoms with Gasteiger partial charge in [0.2, 0.25) is 0 Å². The summed E-state index contributed by atoms with van der Waals surface area (Å²) in [6.45, 7) is 1.97. The van der Waals surface area contributed by atoms with Gasteiger partial charge >= 0.3 is 0 Å². The summed E-state index contributed by atoms with van der Waals surface area (Å²) < 4.78 is 0.629. The molecule has 1 amide bonds. The van der Waals surface area contributed by atoms with Crippen molar-refractivity contribution in [3.05, 3.63) is 71.2 Å². The molecule has 0 fully saturated rings. The smallest absolute Gasteiger partial charge is 0.257 e. The van der Waals surface area contributed by atoms with E-state index < -0.39 is 0 Å². The van der Waals surface area contributed by atoms with E-state index in [1.54, 1.807) is 12.1 Å². The second-order valence-corrected chi connectivity index (χ2v) is 4.85. The molecule has 1 N–H and O–H groups in total. The number of hydrogen-bond acceptors (Lipinski definition) is 2. The van der Waals surface area contributed by atoms with Crippen molar-refractivity contribution in [2.45, 2.75) is 25.8 Å². The second kappa shape index (κ2) is 6.70. The normalized spacial score (nSPS) is 11.8. The van der Waals surface area contributed by atoms with Crippen LogP contribution in [0.2, 0.25) is 0 Å². The van der Waals surface area contributed by atoms with E-state index in [1.807, 2.05) is 25.1 Å². The van der Waals surface area contributed by atoms with Crippen LogP contribution in [-0.2, 0) is 6.42 Å². The van der Waals surface area contributed by atoms with Gasteiger partial charge in [-0.25, -0.2) is 0 Å². The van der Waals surface area contributed by atoms with E-state index in [9.17, 15) is 10.0 Å². The minimum Gasteiger partial charge on any atom is -0.619 e. The quantitative estimate of drug-likeness (QED) is 0.668. The number of hydrogen-bond donors (Lipinski definition) is 1. The fourth-order valence-electron chi connectivity index (χ4n) is 2.00. The fourth-order valence-corrected chi connectivity index (χ4v) is 2.00. The number of nitrogens with one attached hydrogen (secondary N) is 1. The Morgan fingerprint density at radius 3 is 2.70 bits per heavy atom. The van der Waals surface area contributed by atoms with Gasteiger partial charge in [-0.15, -0.1) is 0 Å². The molecule has 0 saturated carbocycles. The zero-order chi connectivity index (χ0) is 14.4. The summed E-state index contributed by atoms with van der Waals surface area (Å²) in [5, 5.41) is 14.0. The van der Waals surface area contributed by atoms with Gasteiger partial charge in [0.15, 0.2) is 12.4 Å². The number of nitrogens with zero attached hydrogens (tertiary/aromatic N) is 1. The standard InChI is InChI=1S/C16H18N2O2/c1-13(9-10-14-6-3-2-4-7-14)17-16(19)15-8-5-11-18(20)12-15/h2-8,11-13H,9-10H2,1H3,(H,17,19)/t13-/m1/s1. The minimum atomic E-state index is -0.212. The van der Waals surface area contributed by atoms with Crippen molar-refractivity contribution in [2.75, 3.05) is 0 Å². The summed E-state index contributed by atoms with van der Waals surface area (Å²) in [5.74, 6) is -0.212. The molecule has 2 rings (SSSR count). The number of aromatic nitrogens is 1. The topological polar surface area (TPSA) is 56.0 Å². The largest absolute Gasteiger partial charge is 0.619 e. The predicted molar refractivity (Wildman–Crippen MR) is 77.1 cm³/mol. The number of benzene rings is 1. The van der Waals surface area contributed by atoms with Crippen molar-refractivity contribution in [3.63, 3.8) is 0 Å². The average molecular weight is 270 g/mol. The molecule has 1 atom stereocenters. The van der Waals surface area contributed by atoms with E-state index in [2.05, 4.69) is 17.4 Å². The third kappa shape index (κ3) is 4.09. The molecule has 0 aliphatic heterocycles. The SMILES string of the molecule is C[C@H](CCc1ccccc1)NC(=O)c1ccc[n+]([O-])c1. The van der Waals surface area contributed by atoms with E-state index in [0.717, 1.165) is 12.8 Å². The first-order valence-electron chi connectivity index (χ1n) is 6.69. The molecular formula is C16H18N2O2. The molecule has 0 bridgehead atoms. The molecule has 0 saturated heterocycles. The molecule has 0 unspecified atom stereocenters. The van der Waals surface area contributed by atoms with Crippen LogP contribution < -0.4 is 10.0 Å². The maximum Gasteiger partial charge on any atom is 0.257 e. The predicted octanol–water partition coefficient (Wildman–Crippen LogP) is 2.07. The Labute approximate surface area is 118 Å². The first-order chi connectivity index (χ1) is 9.65. The van der Waals surface area contributed by atoms with Crippen LogP contribution in [0.1, 0.15) is 29.3 Å². The van der Waals surface area contributed by atoms with Crippen molar-refractivity contribution in [1.82, 2.24) is 5.32 Å². The average Bonchev–Trinajstić information content (AvgIpc) is 2.46. The van der Waals surface area contributed by atoms with Crippen LogP contribution in [0, 0.1) is 5.21 Å². The lowest BCUT2D eigenvalue weighted by Gasteiger charge is -2.13. The van der Waals surface area contributed by atoms with E-state index >= 15 is 0 Å². The van der Waals surface area contributed by atoms with Crippen molar-refractivity contribution in [1.29, 1.82) is 0 Å². The van der Waals surface area contributed by atoms with Crippen molar-refractivity contribution in [2.24, 2.45) is 0 Å². The van der Waals surface area contributed by atoms with E-state index in [1.165, 1.54) is 18.0 Å². The van der Waals surface area contributed by atoms with Gasteiger partial charge in [-0.3, -0.25) is 4.79 Å². The first kappa shape index (κ1) is 14.1. The molecule has 4 nitrogen and oxygen atoms in total. The van der Waals surface area contributed by atoms with Gasteiger partial charge in [0.05, 0.1) is 0 Å². The van der Waals surface area contributed by atoms with Gasteiger partial charge in [0.1, 0.15) is 5.56 Å². The van der Waals surface area contributed by atoms with Gasteiger partial charge in [0.25, 0.3) is 5.91 Å². The van der Waals surface area contributed by atoms with Gasteiger partial charge in [-0.2, -0.15) is 4.73 Å². The number of rotatable bonds is 5. The lowest BCUT2D eigenvalue weighted by Crippen LogP contribution is -2.35. The van der Waals surface area contributed by atoms with Crippen molar-refractivity contribution < 1.29 is 9.52 Å². The molecule has 4 heteroatoms. The van der Waals surface area contributed by atoms with Crippen LogP contribution in [0.25, 0.3) is 0 Å². The number of amides is 1. The maximum absolute atomic E-state index is 12.0. The molecule has 1 heterocycles. The lowest BCUT2D eigenvalue weighted by molar-refractivity contribution is -0.605. The Balaban J connectivity index is 1.85. The number of pyridine rings is 1. The Bertz CT molecular complexity index is 570. The Morgan fingerprint density at radius 2 is 2.00 bits per heavy atom. The molecule has 0 radical (unpaired) electrons. The fraction of sp³-hybridized carbons (Fsp3) is 0.250. The Kier molecular flexibility index (Phi) is 4.71. The highest BCUT2D eigenvalue weighted by Gasteiger charge is 2.11. The van der Waals surface area contributed by atoms with Gasteiger partial charge in [-0.05, 0) is 31.4 Å². The zero-order valence-electron chi connectivity index (χ0n) is 11.5. The molecule has 104 valence electrons. The second-order valence-electron chi connectivity index (χ2n) is 4.85. The monoisotopic (exact) mass is 270 g/mol.